The van der Waals surface area contributed by atoms with Crippen LogP contribution in [0, 0.1) is 23.2 Å². The first-order chi connectivity index (χ1) is 11.5. The molecule has 6 unspecified atom stereocenters. The molecule has 1 aromatic rings. The molecule has 0 spiro atoms. The van der Waals surface area contributed by atoms with Gasteiger partial charge in [-0.05, 0) is 78.5 Å². The minimum atomic E-state index is -0.600. The van der Waals surface area contributed by atoms with Crippen molar-refractivity contribution >= 4 is 5.97 Å². The molecule has 0 amide bonds. The van der Waals surface area contributed by atoms with E-state index in [1.807, 2.05) is 6.07 Å². The number of carbonyl (C=O) groups is 1. The minimum absolute atomic E-state index is 0.186. The second kappa shape index (κ2) is 5.48. The Kier molecular flexibility index (Phi) is 3.64. The van der Waals surface area contributed by atoms with Crippen molar-refractivity contribution in [1.82, 2.24) is 0 Å². The standard InChI is InChI=1S/C20H26O4/c1-20-8-7-14-13-6-4-12(21)9-11(13)3-5-15(14)17(20)10-16(18(20)22)19(23)24-2/h4,6,9,14-18,21-22H,3,5,7-8,10H2,1-2H3. The Balaban J connectivity index is 1.67. The number of phenols is 1. The van der Waals surface area contributed by atoms with Gasteiger partial charge in [0.2, 0.25) is 0 Å². The average Bonchev–Trinajstić information content (AvgIpc) is 2.85. The second-order valence-electron chi connectivity index (χ2n) is 8.15. The third-order valence-corrected chi connectivity index (χ3v) is 7.22. The van der Waals surface area contributed by atoms with Crippen molar-refractivity contribution in [2.45, 2.75) is 51.0 Å². The molecular formula is C20H26O4. The largest absolute Gasteiger partial charge is 0.508 e. The van der Waals surface area contributed by atoms with Crippen molar-refractivity contribution in [2.24, 2.45) is 23.2 Å². The van der Waals surface area contributed by atoms with E-state index in [0.717, 1.165) is 32.1 Å². The molecule has 4 heteroatoms. The van der Waals surface area contributed by atoms with Crippen LogP contribution in [0.15, 0.2) is 18.2 Å². The van der Waals surface area contributed by atoms with Crippen molar-refractivity contribution in [2.75, 3.05) is 7.11 Å². The van der Waals surface area contributed by atoms with E-state index in [0.29, 0.717) is 23.5 Å². The molecule has 1 aromatic carbocycles. The van der Waals surface area contributed by atoms with Crippen LogP contribution in [0.3, 0.4) is 0 Å². The van der Waals surface area contributed by atoms with E-state index in [-0.39, 0.29) is 17.3 Å². The molecule has 0 saturated heterocycles. The summed E-state index contributed by atoms with van der Waals surface area (Å²) in [6, 6.07) is 5.77. The molecule has 0 aromatic heterocycles. The van der Waals surface area contributed by atoms with Gasteiger partial charge in [0.1, 0.15) is 5.75 Å². The maximum absolute atomic E-state index is 12.1. The fraction of sp³-hybridized carbons (Fsp3) is 0.650. The Hall–Kier alpha value is -1.55. The highest BCUT2D eigenvalue weighted by Gasteiger charge is 2.59. The molecule has 2 fully saturated rings. The maximum atomic E-state index is 12.1. The zero-order chi connectivity index (χ0) is 17.1. The predicted molar refractivity (Wildman–Crippen MR) is 89.6 cm³/mol. The van der Waals surface area contributed by atoms with Gasteiger partial charge in [0.15, 0.2) is 0 Å². The lowest BCUT2D eigenvalue weighted by Gasteiger charge is -2.50. The lowest BCUT2D eigenvalue weighted by atomic mass is 9.55. The van der Waals surface area contributed by atoms with Crippen molar-refractivity contribution in [3.8, 4) is 5.75 Å². The van der Waals surface area contributed by atoms with Gasteiger partial charge in [-0.1, -0.05) is 13.0 Å². The number of hydrogen-bond donors (Lipinski definition) is 2. The number of phenolic OH excluding ortho intramolecular Hbond substituents is 1. The first-order valence-electron chi connectivity index (χ1n) is 9.03. The van der Waals surface area contributed by atoms with Crippen LogP contribution < -0.4 is 0 Å². The number of fused-ring (bicyclic) bond motifs is 5. The fourth-order valence-corrected chi connectivity index (χ4v) is 5.97. The summed E-state index contributed by atoms with van der Waals surface area (Å²) in [5, 5.41) is 20.6. The van der Waals surface area contributed by atoms with Crippen LogP contribution in [-0.4, -0.2) is 29.4 Å². The molecule has 130 valence electrons. The van der Waals surface area contributed by atoms with Crippen molar-refractivity contribution in [1.29, 1.82) is 0 Å². The van der Waals surface area contributed by atoms with Gasteiger partial charge in [-0.3, -0.25) is 4.79 Å². The molecule has 4 nitrogen and oxygen atoms in total. The SMILES string of the molecule is COC(=O)C1CC2C3CCc4cc(O)ccc4C3CCC2(C)C1O. The monoisotopic (exact) mass is 330 g/mol. The summed E-state index contributed by atoms with van der Waals surface area (Å²) >= 11 is 0. The van der Waals surface area contributed by atoms with Gasteiger partial charge >= 0.3 is 5.97 Å². The van der Waals surface area contributed by atoms with Gasteiger partial charge in [0.25, 0.3) is 0 Å². The smallest absolute Gasteiger partial charge is 0.311 e. The Labute approximate surface area is 142 Å². The van der Waals surface area contributed by atoms with E-state index in [1.54, 1.807) is 6.07 Å². The maximum Gasteiger partial charge on any atom is 0.311 e. The van der Waals surface area contributed by atoms with Gasteiger partial charge in [-0.25, -0.2) is 0 Å². The quantitative estimate of drug-likeness (QED) is 0.777. The third-order valence-electron chi connectivity index (χ3n) is 7.22. The summed E-state index contributed by atoms with van der Waals surface area (Å²) < 4.78 is 4.93. The lowest BCUT2D eigenvalue weighted by molar-refractivity contribution is -0.150. The molecule has 0 bridgehead atoms. The summed E-state index contributed by atoms with van der Waals surface area (Å²) in [4.78, 5) is 12.1. The summed E-state index contributed by atoms with van der Waals surface area (Å²) in [6.07, 6.45) is 4.16. The van der Waals surface area contributed by atoms with Gasteiger partial charge in [-0.2, -0.15) is 0 Å². The van der Waals surface area contributed by atoms with Crippen molar-refractivity contribution < 1.29 is 19.7 Å². The molecule has 24 heavy (non-hydrogen) atoms. The number of aliphatic hydroxyl groups is 1. The van der Waals surface area contributed by atoms with Gasteiger partial charge in [0, 0.05) is 0 Å². The van der Waals surface area contributed by atoms with Crippen LogP contribution in [0.25, 0.3) is 0 Å². The Bertz CT molecular complexity index is 670. The number of hydrogen-bond acceptors (Lipinski definition) is 4. The number of aromatic hydroxyl groups is 1. The van der Waals surface area contributed by atoms with Gasteiger partial charge in [0.05, 0.1) is 19.1 Å². The second-order valence-corrected chi connectivity index (χ2v) is 8.15. The number of ether oxygens (including phenoxy) is 1. The van der Waals surface area contributed by atoms with E-state index >= 15 is 0 Å². The molecule has 6 atom stereocenters. The summed E-state index contributed by atoms with van der Waals surface area (Å²) in [5.41, 5.74) is 2.44. The van der Waals surface area contributed by atoms with Gasteiger partial charge in [-0.15, -0.1) is 0 Å². The predicted octanol–water partition coefficient (Wildman–Crippen LogP) is 3.01. The minimum Gasteiger partial charge on any atom is -0.508 e. The molecule has 0 aliphatic heterocycles. The summed E-state index contributed by atoms with van der Waals surface area (Å²) in [6.45, 7) is 2.16. The Morgan fingerprint density at radius 1 is 1.33 bits per heavy atom. The zero-order valence-electron chi connectivity index (χ0n) is 14.4. The number of carbonyl (C=O) groups excluding carboxylic acids is 1. The Morgan fingerprint density at radius 2 is 2.12 bits per heavy atom. The van der Waals surface area contributed by atoms with E-state index in [4.69, 9.17) is 4.74 Å². The number of benzene rings is 1. The number of aliphatic hydroxyl groups excluding tert-OH is 1. The van der Waals surface area contributed by atoms with Crippen molar-refractivity contribution in [3.63, 3.8) is 0 Å². The average molecular weight is 330 g/mol. The lowest BCUT2D eigenvalue weighted by Crippen LogP contribution is -2.44. The molecule has 3 aliphatic carbocycles. The van der Waals surface area contributed by atoms with E-state index in [9.17, 15) is 15.0 Å². The molecule has 2 saturated carbocycles. The van der Waals surface area contributed by atoms with Crippen LogP contribution in [-0.2, 0) is 16.0 Å². The van der Waals surface area contributed by atoms with Crippen LogP contribution >= 0.6 is 0 Å². The highest BCUT2D eigenvalue weighted by molar-refractivity contribution is 5.73. The number of esters is 1. The first-order valence-corrected chi connectivity index (χ1v) is 9.03. The van der Waals surface area contributed by atoms with Gasteiger partial charge < -0.3 is 14.9 Å². The molecule has 2 N–H and O–H groups in total. The Morgan fingerprint density at radius 3 is 2.88 bits per heavy atom. The number of methoxy groups -OCH3 is 1. The van der Waals surface area contributed by atoms with Crippen LogP contribution in [0.1, 0.15) is 49.7 Å². The third kappa shape index (κ3) is 2.12. The first kappa shape index (κ1) is 15.9. The van der Waals surface area contributed by atoms with E-state index in [1.165, 1.54) is 18.2 Å². The normalized spacial score (nSPS) is 40.4. The topological polar surface area (TPSA) is 66.8 Å². The number of rotatable bonds is 1. The van der Waals surface area contributed by atoms with Crippen molar-refractivity contribution in [3.05, 3.63) is 29.3 Å². The summed E-state index contributed by atoms with van der Waals surface area (Å²) in [7, 11) is 1.41. The van der Waals surface area contributed by atoms with Crippen LogP contribution in [0.5, 0.6) is 5.75 Å². The van der Waals surface area contributed by atoms with Crippen LogP contribution in [0.2, 0.25) is 0 Å². The summed E-state index contributed by atoms with van der Waals surface area (Å²) in [5.74, 6) is 1.04. The van der Waals surface area contributed by atoms with E-state index in [2.05, 4.69) is 13.0 Å². The zero-order valence-corrected chi connectivity index (χ0v) is 14.4. The van der Waals surface area contributed by atoms with E-state index < -0.39 is 6.10 Å². The molecule has 4 rings (SSSR count). The fourth-order valence-electron chi connectivity index (χ4n) is 5.97. The van der Waals surface area contributed by atoms with Crippen LogP contribution in [0.4, 0.5) is 0 Å². The number of aryl methyl sites for hydroxylation is 1. The highest BCUT2D eigenvalue weighted by atomic mass is 16.5. The molecular weight excluding hydrogens is 304 g/mol. The molecule has 0 heterocycles. The molecule has 0 radical (unpaired) electrons. The molecule has 3 aliphatic rings. The highest BCUT2D eigenvalue weighted by Crippen LogP contribution is 2.62.